The molecule has 1 aromatic carbocycles. The molecule has 1 atom stereocenters. The number of carbonyl (C=O) groups is 1. The molecule has 0 radical (unpaired) electrons. The van der Waals surface area contributed by atoms with E-state index in [9.17, 15) is 9.90 Å². The summed E-state index contributed by atoms with van der Waals surface area (Å²) in [6.45, 7) is 3.52. The minimum absolute atomic E-state index is 0.0885. The van der Waals surface area contributed by atoms with Crippen LogP contribution in [-0.2, 0) is 6.42 Å². The Balaban J connectivity index is 1.63. The number of fused-ring (bicyclic) bond motifs is 2. The van der Waals surface area contributed by atoms with Crippen molar-refractivity contribution in [1.29, 1.82) is 0 Å². The zero-order chi connectivity index (χ0) is 22.4. The van der Waals surface area contributed by atoms with Crippen LogP contribution in [0.15, 0.2) is 40.5 Å². The topological polar surface area (TPSA) is 121 Å². The smallest absolute Gasteiger partial charge is 0.337 e. The molecule has 32 heavy (non-hydrogen) atoms. The lowest BCUT2D eigenvalue weighted by Gasteiger charge is -2.18. The van der Waals surface area contributed by atoms with Gasteiger partial charge in [-0.2, -0.15) is 0 Å². The zero-order valence-electron chi connectivity index (χ0n) is 17.3. The highest BCUT2D eigenvalue weighted by atomic mass is 35.5. The number of nitrogens with zero attached hydrogens (tertiary/aromatic N) is 4. The number of hydrogen-bond donors (Lipinski definition) is 3. The number of H-pyrrole nitrogens is 1. The minimum Gasteiger partial charge on any atom is -0.478 e. The van der Waals surface area contributed by atoms with E-state index in [0.717, 1.165) is 46.6 Å². The summed E-state index contributed by atoms with van der Waals surface area (Å²) in [5.41, 5.74) is 8.32. The van der Waals surface area contributed by atoms with Crippen LogP contribution in [-0.4, -0.2) is 50.1 Å². The molecule has 3 aromatic heterocycles. The van der Waals surface area contributed by atoms with E-state index >= 15 is 0 Å². The number of anilines is 1. The van der Waals surface area contributed by atoms with Crippen LogP contribution in [0.25, 0.3) is 21.9 Å². The van der Waals surface area contributed by atoms with Crippen molar-refractivity contribution in [3.05, 3.63) is 46.7 Å². The van der Waals surface area contributed by atoms with Gasteiger partial charge in [-0.15, -0.1) is 0 Å². The molecule has 1 aliphatic heterocycles. The summed E-state index contributed by atoms with van der Waals surface area (Å²) in [6.07, 6.45) is 3.22. The Labute approximate surface area is 193 Å². The quantitative estimate of drug-likeness (QED) is 0.374. The maximum absolute atomic E-state index is 11.8. The van der Waals surface area contributed by atoms with E-state index in [2.05, 4.69) is 14.9 Å². The number of hydrogen-bond acceptors (Lipinski definition) is 7. The SMILES string of the molecule is CCc1[nH]c2nc(Sc3cc(C(=O)O)c4ncccc4c3)nc(N3CC[C@H](N)C3)c2c1Cl. The van der Waals surface area contributed by atoms with Crippen molar-refractivity contribution in [1.82, 2.24) is 19.9 Å². The number of carboxylic acid groups (broad SMARTS) is 1. The van der Waals surface area contributed by atoms with Crippen LogP contribution in [0.3, 0.4) is 0 Å². The zero-order valence-corrected chi connectivity index (χ0v) is 18.9. The van der Waals surface area contributed by atoms with Crippen LogP contribution >= 0.6 is 23.4 Å². The van der Waals surface area contributed by atoms with Gasteiger partial charge >= 0.3 is 5.97 Å². The van der Waals surface area contributed by atoms with Crippen LogP contribution in [0.4, 0.5) is 5.82 Å². The van der Waals surface area contributed by atoms with Crippen LogP contribution < -0.4 is 10.6 Å². The summed E-state index contributed by atoms with van der Waals surface area (Å²) < 4.78 is 0. The number of aromatic carboxylic acids is 1. The van der Waals surface area contributed by atoms with Gasteiger partial charge in [0.25, 0.3) is 0 Å². The van der Waals surface area contributed by atoms with Crippen molar-refractivity contribution in [2.24, 2.45) is 5.73 Å². The van der Waals surface area contributed by atoms with Gasteiger partial charge in [0.15, 0.2) is 5.16 Å². The number of nitrogens with two attached hydrogens (primary N) is 1. The lowest BCUT2D eigenvalue weighted by atomic mass is 10.1. The van der Waals surface area contributed by atoms with Gasteiger partial charge in [0.05, 0.1) is 21.5 Å². The Bertz CT molecular complexity index is 1360. The summed E-state index contributed by atoms with van der Waals surface area (Å²) in [6, 6.07) is 7.23. The van der Waals surface area contributed by atoms with Crippen LogP contribution in [0.5, 0.6) is 0 Å². The summed E-state index contributed by atoms with van der Waals surface area (Å²) in [7, 11) is 0. The average molecular weight is 469 g/mol. The molecular weight excluding hydrogens is 448 g/mol. The number of nitrogens with one attached hydrogen (secondary N) is 1. The van der Waals surface area contributed by atoms with Crippen molar-refractivity contribution in [2.45, 2.75) is 35.9 Å². The molecule has 8 nitrogen and oxygen atoms in total. The monoisotopic (exact) mass is 468 g/mol. The predicted octanol–water partition coefficient (Wildman–Crippen LogP) is 4.11. The first-order valence-electron chi connectivity index (χ1n) is 10.3. The Morgan fingerprint density at radius 2 is 2.25 bits per heavy atom. The molecule has 1 fully saturated rings. The van der Waals surface area contributed by atoms with E-state index in [1.165, 1.54) is 11.8 Å². The molecule has 1 aliphatic rings. The number of aryl methyl sites for hydroxylation is 1. The molecule has 164 valence electrons. The van der Waals surface area contributed by atoms with E-state index in [1.807, 2.05) is 19.1 Å². The van der Waals surface area contributed by atoms with E-state index in [0.29, 0.717) is 27.9 Å². The average Bonchev–Trinajstić information content (AvgIpc) is 3.35. The van der Waals surface area contributed by atoms with Gasteiger partial charge in [-0.05, 0) is 42.8 Å². The lowest BCUT2D eigenvalue weighted by molar-refractivity contribution is 0.0698. The molecule has 5 rings (SSSR count). The fourth-order valence-electron chi connectivity index (χ4n) is 4.06. The Hall–Kier alpha value is -2.88. The predicted molar refractivity (Wildman–Crippen MR) is 126 cm³/mol. The second-order valence-corrected chi connectivity index (χ2v) is 9.19. The molecule has 0 aliphatic carbocycles. The summed E-state index contributed by atoms with van der Waals surface area (Å²) in [4.78, 5) is 31.7. The summed E-state index contributed by atoms with van der Waals surface area (Å²) in [5, 5.41) is 12.4. The summed E-state index contributed by atoms with van der Waals surface area (Å²) >= 11 is 7.97. The molecule has 4 heterocycles. The van der Waals surface area contributed by atoms with E-state index in [-0.39, 0.29) is 11.6 Å². The van der Waals surface area contributed by atoms with Gasteiger partial charge in [0.2, 0.25) is 0 Å². The molecule has 1 saturated heterocycles. The first-order valence-corrected chi connectivity index (χ1v) is 11.5. The van der Waals surface area contributed by atoms with Gasteiger partial charge in [0, 0.05) is 41.3 Å². The first-order chi connectivity index (χ1) is 15.4. The number of carboxylic acids is 1. The second-order valence-electron chi connectivity index (χ2n) is 7.77. The lowest BCUT2D eigenvalue weighted by Crippen LogP contribution is -2.27. The maximum Gasteiger partial charge on any atom is 0.337 e. The fraction of sp³-hybridized carbons (Fsp3) is 0.273. The van der Waals surface area contributed by atoms with Crippen LogP contribution in [0, 0.1) is 0 Å². The van der Waals surface area contributed by atoms with Crippen LogP contribution in [0.1, 0.15) is 29.4 Å². The van der Waals surface area contributed by atoms with Crippen LogP contribution in [0.2, 0.25) is 5.02 Å². The number of rotatable bonds is 5. The normalized spacial score (nSPS) is 16.3. The highest BCUT2D eigenvalue weighted by Crippen LogP contribution is 2.38. The number of aromatic amines is 1. The van der Waals surface area contributed by atoms with Crippen molar-refractivity contribution in [3.63, 3.8) is 0 Å². The van der Waals surface area contributed by atoms with Crippen molar-refractivity contribution in [3.8, 4) is 0 Å². The number of halogens is 1. The first kappa shape index (κ1) is 21.0. The Morgan fingerprint density at radius 3 is 2.97 bits per heavy atom. The molecule has 4 aromatic rings. The van der Waals surface area contributed by atoms with Gasteiger partial charge in [-0.3, -0.25) is 4.98 Å². The van der Waals surface area contributed by atoms with Gasteiger partial charge in [0.1, 0.15) is 11.5 Å². The molecule has 4 N–H and O–H groups in total. The van der Waals surface area contributed by atoms with E-state index in [4.69, 9.17) is 27.3 Å². The number of benzene rings is 1. The minimum atomic E-state index is -1.02. The van der Waals surface area contributed by atoms with Gasteiger partial charge in [-0.25, -0.2) is 14.8 Å². The van der Waals surface area contributed by atoms with Crippen molar-refractivity contribution >= 4 is 57.1 Å². The maximum atomic E-state index is 11.8. The third-order valence-corrected chi connectivity index (χ3v) is 6.87. The Morgan fingerprint density at radius 1 is 1.41 bits per heavy atom. The second kappa shape index (κ2) is 8.23. The molecule has 0 amide bonds. The number of aromatic nitrogens is 4. The van der Waals surface area contributed by atoms with E-state index in [1.54, 1.807) is 18.3 Å². The molecule has 0 spiro atoms. The largest absolute Gasteiger partial charge is 0.478 e. The van der Waals surface area contributed by atoms with E-state index < -0.39 is 5.97 Å². The van der Waals surface area contributed by atoms with Gasteiger partial charge < -0.3 is 20.7 Å². The molecule has 10 heteroatoms. The highest BCUT2D eigenvalue weighted by Gasteiger charge is 2.26. The third kappa shape index (κ3) is 3.66. The van der Waals surface area contributed by atoms with Gasteiger partial charge in [-0.1, -0.05) is 24.6 Å². The molecule has 0 unspecified atom stereocenters. The van der Waals surface area contributed by atoms with Crippen molar-refractivity contribution < 1.29 is 9.90 Å². The Kier molecular flexibility index (Phi) is 5.40. The molecular formula is C22H21ClN6O2S. The highest BCUT2D eigenvalue weighted by molar-refractivity contribution is 7.99. The number of pyridine rings is 1. The fourth-order valence-corrected chi connectivity index (χ4v) is 5.26. The van der Waals surface area contributed by atoms with Crippen molar-refractivity contribution in [2.75, 3.05) is 18.0 Å². The molecule has 0 saturated carbocycles. The standard InChI is InChI=1S/C22H21ClN6O2S/c1-2-15-17(23)16-19(26-15)27-22(28-20(16)29-7-5-12(24)10-29)32-13-8-11-4-3-6-25-18(11)14(9-13)21(30)31/h3-4,6,8-9,12H,2,5,7,10,24H2,1H3,(H,30,31)(H,26,27,28)/t12-/m0/s1. The summed E-state index contributed by atoms with van der Waals surface area (Å²) in [5.74, 6) is -0.268. The third-order valence-electron chi connectivity index (χ3n) is 5.62. The molecule has 0 bridgehead atoms.